The van der Waals surface area contributed by atoms with E-state index in [1.54, 1.807) is 61.5 Å². The molecule has 0 heterocycles. The maximum atomic E-state index is 12.9. The van der Waals surface area contributed by atoms with E-state index in [0.29, 0.717) is 0 Å². The van der Waals surface area contributed by atoms with Gasteiger partial charge in [-0.15, -0.1) is 0 Å². The first-order chi connectivity index (χ1) is 15.9. The van der Waals surface area contributed by atoms with Crippen LogP contribution in [0.3, 0.4) is 0 Å². The molecule has 0 spiro atoms. The van der Waals surface area contributed by atoms with Crippen molar-refractivity contribution in [1.82, 2.24) is 0 Å². The number of rotatable bonds is 9. The number of carbonyl (C=O) groups is 3. The van der Waals surface area contributed by atoms with Crippen LogP contribution in [-0.4, -0.2) is 33.2 Å². The predicted molar refractivity (Wildman–Crippen MR) is 121 cm³/mol. The molecule has 170 valence electrons. The lowest BCUT2D eigenvalue weighted by atomic mass is 10.2. The van der Waals surface area contributed by atoms with E-state index < -0.39 is 33.2 Å². The lowest BCUT2D eigenvalue weighted by molar-refractivity contribution is -0.0240. The van der Waals surface area contributed by atoms with Gasteiger partial charge in [0.2, 0.25) is 0 Å². The summed E-state index contributed by atoms with van der Waals surface area (Å²) in [7, 11) is -4.79. The minimum Gasteiger partial charge on any atom is -0.429 e. The zero-order chi connectivity index (χ0) is 23.7. The van der Waals surface area contributed by atoms with Crippen LogP contribution in [0.15, 0.2) is 91.0 Å². The summed E-state index contributed by atoms with van der Waals surface area (Å²) in [6.45, 7) is 1.71. The Morgan fingerprint density at radius 3 is 1.24 bits per heavy atom. The average molecular weight is 466 g/mol. The fourth-order valence-corrected chi connectivity index (χ4v) is 4.49. The third-order valence-corrected chi connectivity index (χ3v) is 6.28. The molecule has 1 atom stereocenters. The van der Waals surface area contributed by atoms with Crippen molar-refractivity contribution >= 4 is 27.0 Å². The summed E-state index contributed by atoms with van der Waals surface area (Å²) in [4.78, 5) is 38.6. The van der Waals surface area contributed by atoms with Crippen LogP contribution in [0.4, 0.5) is 0 Å². The van der Waals surface area contributed by atoms with E-state index in [0.717, 1.165) is 0 Å². The average Bonchev–Trinajstić information content (AvgIpc) is 2.85. The summed E-state index contributed by atoms with van der Waals surface area (Å²) >= 11 is 0. The van der Waals surface area contributed by atoms with Gasteiger partial charge in [0.05, 0.1) is 16.7 Å². The summed E-state index contributed by atoms with van der Waals surface area (Å²) < 4.78 is 22.1. The molecule has 0 aliphatic carbocycles. The second-order valence-corrected chi connectivity index (χ2v) is 8.68. The number of carbonyl (C=O) groups excluding carboxylic acids is 3. The van der Waals surface area contributed by atoms with Crippen molar-refractivity contribution in [3.05, 3.63) is 108 Å². The van der Waals surface area contributed by atoms with E-state index in [1.807, 2.05) is 0 Å². The van der Waals surface area contributed by atoms with Crippen LogP contribution in [0.1, 0.15) is 44.4 Å². The molecule has 0 aliphatic heterocycles. The smallest absolute Gasteiger partial charge is 0.429 e. The third kappa shape index (κ3) is 6.59. The molecular formula is C24H23NO7Si. The quantitative estimate of drug-likeness (QED) is 0.376. The van der Waals surface area contributed by atoms with Gasteiger partial charge >= 0.3 is 27.0 Å². The standard InChI is InChI=1S/C24H23NO7Si/c1-2-21(25)29-33(30-22(26)18-12-6-3-7-13-18,31-23(27)19-14-8-4-9-15-19)32-24(28)20-16-10-5-11-17-20/h3-17,21H,2,25H2,1H3. The summed E-state index contributed by atoms with van der Waals surface area (Å²) in [5, 5.41) is 0. The van der Waals surface area contributed by atoms with E-state index in [9.17, 15) is 14.4 Å². The zero-order valence-electron chi connectivity index (χ0n) is 17.9. The molecule has 0 aliphatic rings. The van der Waals surface area contributed by atoms with Crippen molar-refractivity contribution < 1.29 is 32.1 Å². The van der Waals surface area contributed by atoms with Crippen LogP contribution >= 0.6 is 0 Å². The van der Waals surface area contributed by atoms with Crippen LogP contribution in [0, 0.1) is 0 Å². The van der Waals surface area contributed by atoms with Gasteiger partial charge in [-0.2, -0.15) is 0 Å². The SMILES string of the molecule is CCC(N)O[Si](OC(=O)c1ccccc1)(OC(=O)c1ccccc1)OC(=O)c1ccccc1. The van der Waals surface area contributed by atoms with Crippen molar-refractivity contribution in [3.63, 3.8) is 0 Å². The Labute approximate surface area is 192 Å². The second kappa shape index (κ2) is 11.2. The van der Waals surface area contributed by atoms with Crippen LogP contribution in [0.5, 0.6) is 0 Å². The first-order valence-corrected chi connectivity index (χ1v) is 11.8. The molecule has 0 fully saturated rings. The Kier molecular flexibility index (Phi) is 8.09. The molecule has 0 amide bonds. The fourth-order valence-electron chi connectivity index (χ4n) is 2.64. The molecule has 0 saturated heterocycles. The molecule has 0 radical (unpaired) electrons. The van der Waals surface area contributed by atoms with Gasteiger partial charge in [0, 0.05) is 0 Å². The van der Waals surface area contributed by atoms with Crippen molar-refractivity contribution in [2.24, 2.45) is 5.73 Å². The highest BCUT2D eigenvalue weighted by Gasteiger charge is 2.60. The van der Waals surface area contributed by atoms with Gasteiger partial charge in [0.25, 0.3) is 0 Å². The maximum Gasteiger partial charge on any atom is 0.901 e. The lowest BCUT2D eigenvalue weighted by Crippen LogP contribution is -2.56. The Hall–Kier alpha value is -3.79. The number of hydrogen-bond acceptors (Lipinski definition) is 8. The number of hydrogen-bond donors (Lipinski definition) is 1. The Bertz CT molecular complexity index is 948. The van der Waals surface area contributed by atoms with Crippen molar-refractivity contribution in [2.45, 2.75) is 19.6 Å². The predicted octanol–water partition coefficient (Wildman–Crippen LogP) is 3.70. The largest absolute Gasteiger partial charge is 0.901 e. The van der Waals surface area contributed by atoms with Crippen molar-refractivity contribution in [2.75, 3.05) is 0 Å². The molecule has 0 saturated carbocycles. The van der Waals surface area contributed by atoms with E-state index >= 15 is 0 Å². The molecule has 0 aromatic heterocycles. The molecule has 3 rings (SSSR count). The van der Waals surface area contributed by atoms with Gasteiger partial charge < -0.3 is 23.4 Å². The molecule has 3 aromatic rings. The van der Waals surface area contributed by atoms with Crippen LogP contribution in [-0.2, 0) is 17.7 Å². The Morgan fingerprint density at radius 1 is 0.667 bits per heavy atom. The zero-order valence-corrected chi connectivity index (χ0v) is 18.9. The molecule has 8 nitrogen and oxygen atoms in total. The molecule has 9 heteroatoms. The maximum absolute atomic E-state index is 12.9. The number of benzene rings is 3. The molecule has 33 heavy (non-hydrogen) atoms. The number of nitrogens with two attached hydrogens (primary N) is 1. The van der Waals surface area contributed by atoms with Gasteiger partial charge in [-0.25, -0.2) is 14.4 Å². The minimum absolute atomic E-state index is 0.148. The summed E-state index contributed by atoms with van der Waals surface area (Å²) in [5.74, 6) is -2.69. The van der Waals surface area contributed by atoms with E-state index in [2.05, 4.69) is 0 Å². The first kappa shape index (κ1) is 23.9. The van der Waals surface area contributed by atoms with E-state index in [4.69, 9.17) is 23.4 Å². The highest BCUT2D eigenvalue weighted by Crippen LogP contribution is 2.21. The highest BCUT2D eigenvalue weighted by atomic mass is 28.4. The van der Waals surface area contributed by atoms with Gasteiger partial charge in [0.1, 0.15) is 6.23 Å². The van der Waals surface area contributed by atoms with Crippen LogP contribution in [0.25, 0.3) is 0 Å². The fraction of sp³-hybridized carbons (Fsp3) is 0.125. The Balaban J connectivity index is 1.99. The molecule has 0 bridgehead atoms. The molecular weight excluding hydrogens is 442 g/mol. The topological polar surface area (TPSA) is 114 Å². The minimum atomic E-state index is -4.79. The monoisotopic (exact) mass is 465 g/mol. The van der Waals surface area contributed by atoms with E-state index in [1.165, 1.54) is 36.4 Å². The van der Waals surface area contributed by atoms with Crippen LogP contribution < -0.4 is 5.73 Å². The normalized spacial score (nSPS) is 11.8. The third-order valence-electron chi connectivity index (χ3n) is 4.38. The summed E-state index contributed by atoms with van der Waals surface area (Å²) in [5.41, 5.74) is 6.38. The van der Waals surface area contributed by atoms with Gasteiger partial charge in [-0.1, -0.05) is 61.5 Å². The Morgan fingerprint density at radius 2 is 0.970 bits per heavy atom. The molecule has 1 unspecified atom stereocenters. The highest BCUT2D eigenvalue weighted by molar-refractivity contribution is 6.60. The van der Waals surface area contributed by atoms with Crippen molar-refractivity contribution in [3.8, 4) is 0 Å². The molecule has 3 aromatic carbocycles. The summed E-state index contributed by atoms with van der Waals surface area (Å²) in [6.07, 6.45) is -0.768. The molecule has 2 N–H and O–H groups in total. The van der Waals surface area contributed by atoms with Gasteiger partial charge in [0.15, 0.2) is 0 Å². The van der Waals surface area contributed by atoms with Gasteiger partial charge in [-0.3, -0.25) is 0 Å². The van der Waals surface area contributed by atoms with E-state index in [-0.39, 0.29) is 23.1 Å². The van der Waals surface area contributed by atoms with Crippen LogP contribution in [0.2, 0.25) is 0 Å². The lowest BCUT2D eigenvalue weighted by Gasteiger charge is -2.28. The summed E-state index contributed by atoms with van der Waals surface area (Å²) in [6, 6.07) is 23.9. The van der Waals surface area contributed by atoms with Gasteiger partial charge in [-0.05, 0) is 42.8 Å². The van der Waals surface area contributed by atoms with Crippen molar-refractivity contribution in [1.29, 1.82) is 0 Å². The first-order valence-electron chi connectivity index (χ1n) is 10.2. The second-order valence-electron chi connectivity index (χ2n) is 6.83.